The van der Waals surface area contributed by atoms with Gasteiger partial charge in [0.05, 0.1) is 12.8 Å². The van der Waals surface area contributed by atoms with Crippen molar-refractivity contribution in [2.45, 2.75) is 0 Å². The van der Waals surface area contributed by atoms with E-state index in [9.17, 15) is 8.42 Å². The molecule has 0 aromatic heterocycles. The van der Waals surface area contributed by atoms with Crippen molar-refractivity contribution in [2.24, 2.45) is 0 Å². The Kier molecular flexibility index (Phi) is 2.82. The molecule has 0 aliphatic rings. The van der Waals surface area contributed by atoms with E-state index in [4.69, 9.17) is 15.0 Å². The second kappa shape index (κ2) is 3.72. The van der Waals surface area contributed by atoms with Crippen LogP contribution in [0.3, 0.4) is 0 Å². The van der Waals surface area contributed by atoms with Gasteiger partial charge in [-0.25, -0.2) is 0 Å². The van der Waals surface area contributed by atoms with E-state index < -0.39 is 10.4 Å². The van der Waals surface area contributed by atoms with Crippen LogP contribution in [-0.2, 0) is 10.4 Å². The molecule has 0 saturated carbocycles. The van der Waals surface area contributed by atoms with Crippen LogP contribution in [-0.4, -0.2) is 20.1 Å². The Morgan fingerprint density at radius 1 is 1.43 bits per heavy atom. The number of hydrogen-bond acceptors (Lipinski definition) is 5. The first-order valence-corrected chi connectivity index (χ1v) is 4.89. The summed E-state index contributed by atoms with van der Waals surface area (Å²) in [6, 6.07) is 3.96. The number of hydrogen-bond donors (Lipinski definition) is 2. The highest BCUT2D eigenvalue weighted by Gasteiger charge is 2.08. The van der Waals surface area contributed by atoms with Gasteiger partial charge in [0.25, 0.3) is 0 Å². The first-order chi connectivity index (χ1) is 6.42. The fourth-order valence-corrected chi connectivity index (χ4v) is 1.23. The molecule has 0 fully saturated rings. The van der Waals surface area contributed by atoms with E-state index in [1.165, 1.54) is 25.3 Å². The predicted molar refractivity (Wildman–Crippen MR) is 49.6 cm³/mol. The maximum absolute atomic E-state index is 10.3. The van der Waals surface area contributed by atoms with Crippen LogP contribution in [0.2, 0.25) is 0 Å². The summed E-state index contributed by atoms with van der Waals surface area (Å²) >= 11 is 0. The van der Waals surface area contributed by atoms with Crippen LogP contribution in [0.15, 0.2) is 18.2 Å². The number of nitrogen functional groups attached to an aromatic ring is 1. The first-order valence-electron chi connectivity index (χ1n) is 3.53. The molecule has 0 aliphatic heterocycles. The van der Waals surface area contributed by atoms with Crippen molar-refractivity contribution in [2.75, 3.05) is 12.8 Å². The molecule has 0 saturated heterocycles. The van der Waals surface area contributed by atoms with Gasteiger partial charge in [0.1, 0.15) is 11.5 Å². The molecule has 1 rings (SSSR count). The van der Waals surface area contributed by atoms with Crippen LogP contribution in [0.5, 0.6) is 11.5 Å². The lowest BCUT2D eigenvalue weighted by Crippen LogP contribution is -2.06. The fourth-order valence-electron chi connectivity index (χ4n) is 0.886. The number of benzene rings is 1. The van der Waals surface area contributed by atoms with Gasteiger partial charge < -0.3 is 14.7 Å². The molecule has 3 N–H and O–H groups in total. The first kappa shape index (κ1) is 10.6. The lowest BCUT2D eigenvalue weighted by Gasteiger charge is -2.06. The van der Waals surface area contributed by atoms with Crippen molar-refractivity contribution in [1.29, 1.82) is 0 Å². The highest BCUT2D eigenvalue weighted by molar-refractivity contribution is 7.81. The number of rotatable bonds is 3. The number of methoxy groups -OCH3 is 1. The molecule has 7 heteroatoms. The molecule has 0 amide bonds. The second-order valence-corrected chi connectivity index (χ2v) is 3.44. The minimum absolute atomic E-state index is 0.0780. The van der Waals surface area contributed by atoms with E-state index in [1.54, 1.807) is 0 Å². The minimum Gasteiger partial charge on any atom is -0.495 e. The largest absolute Gasteiger partial charge is 0.495 e. The van der Waals surface area contributed by atoms with Gasteiger partial charge in [0.15, 0.2) is 0 Å². The Balaban J connectivity index is 2.98. The topological polar surface area (TPSA) is 98.8 Å². The van der Waals surface area contributed by atoms with E-state index in [0.29, 0.717) is 5.75 Å². The summed E-state index contributed by atoms with van der Waals surface area (Å²) in [5.74, 6) is 0.318. The van der Waals surface area contributed by atoms with Crippen LogP contribution in [0.25, 0.3) is 0 Å². The molecule has 0 spiro atoms. The molecule has 1 aromatic rings. The molecule has 0 heterocycles. The second-order valence-electron chi connectivity index (χ2n) is 2.41. The lowest BCUT2D eigenvalue weighted by atomic mass is 10.3. The average molecular weight is 219 g/mol. The molecule has 6 nitrogen and oxygen atoms in total. The quantitative estimate of drug-likeness (QED) is 0.566. The van der Waals surface area contributed by atoms with E-state index in [1.807, 2.05) is 0 Å². The minimum atomic E-state index is -4.51. The van der Waals surface area contributed by atoms with Gasteiger partial charge in [0, 0.05) is 6.07 Å². The maximum Gasteiger partial charge on any atom is 0.446 e. The summed E-state index contributed by atoms with van der Waals surface area (Å²) in [5.41, 5.74) is 5.69. The van der Waals surface area contributed by atoms with Crippen molar-refractivity contribution >= 4 is 16.1 Å². The smallest absolute Gasteiger partial charge is 0.446 e. The lowest BCUT2D eigenvalue weighted by molar-refractivity contribution is 0.385. The molecule has 0 bridgehead atoms. The van der Waals surface area contributed by atoms with Gasteiger partial charge in [-0.05, 0) is 12.1 Å². The number of nitrogens with two attached hydrogens (primary N) is 1. The SMILES string of the molecule is COc1ccc(OS(=O)(=O)O)cc1N. The highest BCUT2D eigenvalue weighted by Crippen LogP contribution is 2.26. The Labute approximate surface area is 81.2 Å². The van der Waals surface area contributed by atoms with Crippen LogP contribution in [0.1, 0.15) is 0 Å². The molecule has 1 aromatic carbocycles. The maximum atomic E-state index is 10.3. The van der Waals surface area contributed by atoms with Crippen molar-refractivity contribution in [1.82, 2.24) is 0 Å². The van der Waals surface area contributed by atoms with E-state index in [-0.39, 0.29) is 11.4 Å². The summed E-state index contributed by atoms with van der Waals surface area (Å²) in [5, 5.41) is 0. The van der Waals surface area contributed by atoms with Crippen LogP contribution in [0, 0.1) is 0 Å². The average Bonchev–Trinajstić information content (AvgIpc) is 2.01. The highest BCUT2D eigenvalue weighted by atomic mass is 32.3. The van der Waals surface area contributed by atoms with Gasteiger partial charge in [-0.3, -0.25) is 4.55 Å². The summed E-state index contributed by atoms with van der Waals surface area (Å²) < 4.78 is 38.0. The molecule has 14 heavy (non-hydrogen) atoms. The van der Waals surface area contributed by atoms with Gasteiger partial charge in [-0.15, -0.1) is 0 Å². The number of anilines is 1. The third-order valence-corrected chi connectivity index (χ3v) is 1.81. The molecule has 0 unspecified atom stereocenters. The Morgan fingerprint density at radius 3 is 2.50 bits per heavy atom. The van der Waals surface area contributed by atoms with Gasteiger partial charge in [-0.2, -0.15) is 8.42 Å². The predicted octanol–water partition coefficient (Wildman–Crippen LogP) is 0.459. The molecular weight excluding hydrogens is 210 g/mol. The summed E-state index contributed by atoms with van der Waals surface area (Å²) in [4.78, 5) is 0. The molecule has 78 valence electrons. The molecule has 0 radical (unpaired) electrons. The van der Waals surface area contributed by atoms with Gasteiger partial charge in [0.2, 0.25) is 0 Å². The van der Waals surface area contributed by atoms with E-state index in [0.717, 1.165) is 0 Å². The normalized spacial score (nSPS) is 11.0. The van der Waals surface area contributed by atoms with Crippen molar-refractivity contribution in [3.05, 3.63) is 18.2 Å². The van der Waals surface area contributed by atoms with Crippen molar-refractivity contribution in [3.8, 4) is 11.5 Å². The summed E-state index contributed by atoms with van der Waals surface area (Å²) in [6.45, 7) is 0. The van der Waals surface area contributed by atoms with Crippen molar-refractivity contribution < 1.29 is 21.9 Å². The monoisotopic (exact) mass is 219 g/mol. The Hall–Kier alpha value is -1.47. The fraction of sp³-hybridized carbons (Fsp3) is 0.143. The van der Waals surface area contributed by atoms with E-state index >= 15 is 0 Å². The molecule has 0 atom stereocenters. The zero-order chi connectivity index (χ0) is 10.8. The summed E-state index contributed by atoms with van der Waals surface area (Å²) in [6.07, 6.45) is 0. The van der Waals surface area contributed by atoms with Gasteiger partial charge in [-0.1, -0.05) is 0 Å². The third-order valence-electron chi connectivity index (χ3n) is 1.40. The van der Waals surface area contributed by atoms with Gasteiger partial charge >= 0.3 is 10.4 Å². The third kappa shape index (κ3) is 2.79. The standard InChI is InChI=1S/C7H9NO5S/c1-12-7-3-2-5(4-6(7)8)13-14(9,10)11/h2-4H,8H2,1H3,(H,9,10,11). The molecule has 0 aliphatic carbocycles. The van der Waals surface area contributed by atoms with Crippen LogP contribution in [0.4, 0.5) is 5.69 Å². The Morgan fingerprint density at radius 2 is 2.07 bits per heavy atom. The van der Waals surface area contributed by atoms with Crippen LogP contribution >= 0.6 is 0 Å². The number of ether oxygens (including phenoxy) is 1. The zero-order valence-electron chi connectivity index (χ0n) is 7.30. The molecular formula is C7H9NO5S. The van der Waals surface area contributed by atoms with Crippen molar-refractivity contribution in [3.63, 3.8) is 0 Å². The van der Waals surface area contributed by atoms with E-state index in [2.05, 4.69) is 4.18 Å². The summed E-state index contributed by atoms with van der Waals surface area (Å²) in [7, 11) is -3.08. The Bertz CT molecular complexity index is 428. The zero-order valence-corrected chi connectivity index (χ0v) is 8.11. The van der Waals surface area contributed by atoms with Crippen LogP contribution < -0.4 is 14.7 Å².